The molecule has 22 heavy (non-hydrogen) atoms. The summed E-state index contributed by atoms with van der Waals surface area (Å²) in [5.41, 5.74) is 5.84. The van der Waals surface area contributed by atoms with Gasteiger partial charge >= 0.3 is 0 Å². The standard InChI is InChI=1S/C16H25N3O2S/c1-11-5-6-19(13(8-11)10-17)16(21)9-14(18-12(2)20)15-4-3-7-22-15/h3-4,7,11,13-14H,5-6,8-10,17H2,1-2H3,(H,18,20). The second kappa shape index (κ2) is 7.74. The molecule has 1 fully saturated rings. The molecule has 3 atom stereocenters. The SMILES string of the molecule is CC(=O)NC(CC(=O)N1CCC(C)CC1CN)c1cccs1. The Kier molecular flexibility index (Phi) is 5.97. The number of nitrogens with one attached hydrogen (secondary N) is 1. The van der Waals surface area contributed by atoms with E-state index >= 15 is 0 Å². The van der Waals surface area contributed by atoms with Crippen LogP contribution in [-0.4, -0.2) is 35.8 Å². The minimum Gasteiger partial charge on any atom is -0.348 e. The van der Waals surface area contributed by atoms with Gasteiger partial charge in [-0.3, -0.25) is 9.59 Å². The summed E-state index contributed by atoms with van der Waals surface area (Å²) < 4.78 is 0. The van der Waals surface area contributed by atoms with Crippen molar-refractivity contribution in [2.75, 3.05) is 13.1 Å². The fraction of sp³-hybridized carbons (Fsp3) is 0.625. The molecule has 0 aliphatic carbocycles. The van der Waals surface area contributed by atoms with Crippen molar-refractivity contribution in [2.24, 2.45) is 11.7 Å². The monoisotopic (exact) mass is 323 g/mol. The van der Waals surface area contributed by atoms with E-state index in [1.807, 2.05) is 22.4 Å². The predicted octanol–water partition coefficient (Wildman–Crippen LogP) is 1.90. The number of hydrogen-bond donors (Lipinski definition) is 2. The zero-order valence-corrected chi connectivity index (χ0v) is 14.1. The van der Waals surface area contributed by atoms with E-state index in [4.69, 9.17) is 5.73 Å². The van der Waals surface area contributed by atoms with Crippen molar-refractivity contribution in [3.63, 3.8) is 0 Å². The van der Waals surface area contributed by atoms with Gasteiger partial charge < -0.3 is 16.0 Å². The van der Waals surface area contributed by atoms with Gasteiger partial charge in [0.2, 0.25) is 11.8 Å². The van der Waals surface area contributed by atoms with Gasteiger partial charge in [-0.15, -0.1) is 11.3 Å². The van der Waals surface area contributed by atoms with Crippen LogP contribution in [0.3, 0.4) is 0 Å². The van der Waals surface area contributed by atoms with Crippen molar-refractivity contribution in [2.45, 2.75) is 45.2 Å². The summed E-state index contributed by atoms with van der Waals surface area (Å²) in [5.74, 6) is 0.573. The van der Waals surface area contributed by atoms with Crippen molar-refractivity contribution in [3.8, 4) is 0 Å². The average Bonchev–Trinajstić information content (AvgIpc) is 2.99. The minimum atomic E-state index is -0.247. The van der Waals surface area contributed by atoms with E-state index in [0.29, 0.717) is 18.9 Å². The van der Waals surface area contributed by atoms with Crippen LogP contribution in [-0.2, 0) is 9.59 Å². The number of likely N-dealkylation sites (tertiary alicyclic amines) is 1. The fourth-order valence-corrected chi connectivity index (χ4v) is 3.83. The van der Waals surface area contributed by atoms with Crippen molar-refractivity contribution in [1.82, 2.24) is 10.2 Å². The molecule has 2 rings (SSSR count). The third kappa shape index (κ3) is 4.30. The lowest BCUT2D eigenvalue weighted by Gasteiger charge is -2.38. The third-order valence-corrected chi connectivity index (χ3v) is 5.20. The number of piperidine rings is 1. The Labute approximate surface area is 135 Å². The van der Waals surface area contributed by atoms with Gasteiger partial charge in [0.15, 0.2) is 0 Å². The zero-order valence-electron chi connectivity index (χ0n) is 13.2. The summed E-state index contributed by atoms with van der Waals surface area (Å²) in [4.78, 5) is 27.0. The minimum absolute atomic E-state index is 0.0782. The fourth-order valence-electron chi connectivity index (χ4n) is 3.05. The summed E-state index contributed by atoms with van der Waals surface area (Å²) in [6.07, 6.45) is 2.28. The molecule has 0 aromatic carbocycles. The van der Waals surface area contributed by atoms with E-state index in [-0.39, 0.29) is 23.9 Å². The Hall–Kier alpha value is -1.40. The molecule has 1 aromatic rings. The Morgan fingerprint density at radius 2 is 2.32 bits per heavy atom. The Morgan fingerprint density at radius 3 is 2.91 bits per heavy atom. The van der Waals surface area contributed by atoms with Crippen molar-refractivity contribution in [3.05, 3.63) is 22.4 Å². The summed E-state index contributed by atoms with van der Waals surface area (Å²) >= 11 is 1.56. The Balaban J connectivity index is 2.05. The molecule has 2 heterocycles. The Morgan fingerprint density at radius 1 is 1.55 bits per heavy atom. The van der Waals surface area contributed by atoms with Crippen LogP contribution in [0, 0.1) is 5.92 Å². The molecular formula is C16H25N3O2S. The van der Waals surface area contributed by atoms with E-state index in [1.165, 1.54) is 6.92 Å². The van der Waals surface area contributed by atoms with Gasteiger partial charge in [0.1, 0.15) is 0 Å². The van der Waals surface area contributed by atoms with Crippen molar-refractivity contribution >= 4 is 23.2 Å². The number of hydrogen-bond acceptors (Lipinski definition) is 4. The molecule has 3 N–H and O–H groups in total. The highest BCUT2D eigenvalue weighted by Gasteiger charge is 2.30. The highest BCUT2D eigenvalue weighted by Crippen LogP contribution is 2.26. The number of carbonyl (C=O) groups is 2. The van der Waals surface area contributed by atoms with Crippen LogP contribution in [0.2, 0.25) is 0 Å². The zero-order chi connectivity index (χ0) is 16.1. The van der Waals surface area contributed by atoms with Gasteiger partial charge in [-0.2, -0.15) is 0 Å². The van der Waals surface area contributed by atoms with E-state index < -0.39 is 0 Å². The molecule has 1 aliphatic heterocycles. The molecule has 3 unspecified atom stereocenters. The van der Waals surface area contributed by atoms with Crippen LogP contribution >= 0.6 is 11.3 Å². The summed E-state index contributed by atoms with van der Waals surface area (Å²) in [5, 5.41) is 4.84. The largest absolute Gasteiger partial charge is 0.348 e. The molecule has 2 amide bonds. The highest BCUT2D eigenvalue weighted by molar-refractivity contribution is 7.10. The predicted molar refractivity (Wildman–Crippen MR) is 88.4 cm³/mol. The second-order valence-corrected chi connectivity index (χ2v) is 7.06. The molecule has 0 spiro atoms. The number of rotatable bonds is 5. The van der Waals surface area contributed by atoms with Crippen LogP contribution in [0.25, 0.3) is 0 Å². The first-order chi connectivity index (χ1) is 10.5. The molecule has 6 heteroatoms. The first-order valence-corrected chi connectivity index (χ1v) is 8.69. The van der Waals surface area contributed by atoms with E-state index in [9.17, 15) is 9.59 Å². The van der Waals surface area contributed by atoms with Gasteiger partial charge in [0.05, 0.1) is 12.5 Å². The van der Waals surface area contributed by atoms with Crippen molar-refractivity contribution < 1.29 is 9.59 Å². The Bertz CT molecular complexity index is 503. The number of nitrogens with two attached hydrogens (primary N) is 1. The van der Waals surface area contributed by atoms with Crippen LogP contribution in [0.1, 0.15) is 44.0 Å². The summed E-state index contributed by atoms with van der Waals surface area (Å²) in [6.45, 7) is 4.95. The third-order valence-electron chi connectivity index (χ3n) is 4.21. The smallest absolute Gasteiger partial charge is 0.225 e. The topological polar surface area (TPSA) is 75.4 Å². The van der Waals surface area contributed by atoms with Crippen LogP contribution in [0.4, 0.5) is 0 Å². The summed E-state index contributed by atoms with van der Waals surface area (Å²) in [6, 6.07) is 3.77. The molecule has 1 aliphatic rings. The second-order valence-electron chi connectivity index (χ2n) is 6.08. The highest BCUT2D eigenvalue weighted by atomic mass is 32.1. The van der Waals surface area contributed by atoms with Gasteiger partial charge in [0, 0.05) is 30.9 Å². The van der Waals surface area contributed by atoms with Gasteiger partial charge in [0.25, 0.3) is 0 Å². The van der Waals surface area contributed by atoms with Crippen LogP contribution < -0.4 is 11.1 Å². The molecular weight excluding hydrogens is 298 g/mol. The van der Waals surface area contributed by atoms with Gasteiger partial charge in [-0.05, 0) is 30.2 Å². The first kappa shape index (κ1) is 17.0. The summed E-state index contributed by atoms with van der Waals surface area (Å²) in [7, 11) is 0. The lowest BCUT2D eigenvalue weighted by atomic mass is 9.92. The molecule has 122 valence electrons. The molecule has 0 bridgehead atoms. The molecule has 1 aromatic heterocycles. The van der Waals surface area contributed by atoms with E-state index in [2.05, 4.69) is 12.2 Å². The lowest BCUT2D eigenvalue weighted by Crippen LogP contribution is -2.50. The first-order valence-electron chi connectivity index (χ1n) is 7.81. The van der Waals surface area contributed by atoms with E-state index in [0.717, 1.165) is 24.3 Å². The maximum atomic E-state index is 12.7. The lowest BCUT2D eigenvalue weighted by molar-refractivity contribution is -0.136. The maximum Gasteiger partial charge on any atom is 0.225 e. The molecule has 0 radical (unpaired) electrons. The quantitative estimate of drug-likeness (QED) is 0.869. The molecule has 0 saturated carbocycles. The van der Waals surface area contributed by atoms with Crippen molar-refractivity contribution in [1.29, 1.82) is 0 Å². The molecule has 1 saturated heterocycles. The average molecular weight is 323 g/mol. The number of thiophene rings is 1. The maximum absolute atomic E-state index is 12.7. The van der Waals surface area contributed by atoms with Gasteiger partial charge in [-0.25, -0.2) is 0 Å². The van der Waals surface area contributed by atoms with Crippen LogP contribution in [0.5, 0.6) is 0 Å². The molecule has 5 nitrogen and oxygen atoms in total. The van der Waals surface area contributed by atoms with Crippen LogP contribution in [0.15, 0.2) is 17.5 Å². The van der Waals surface area contributed by atoms with E-state index in [1.54, 1.807) is 11.3 Å². The number of amides is 2. The number of nitrogens with zero attached hydrogens (tertiary/aromatic N) is 1. The normalized spacial score (nSPS) is 23.1. The van der Waals surface area contributed by atoms with Gasteiger partial charge in [-0.1, -0.05) is 13.0 Å². The number of carbonyl (C=O) groups excluding carboxylic acids is 2.